The molecule has 0 fully saturated rings. The normalized spacial score (nSPS) is 12.0. The molecule has 0 radical (unpaired) electrons. The van der Waals surface area contributed by atoms with E-state index in [-0.39, 0.29) is 18.6 Å². The van der Waals surface area contributed by atoms with Crippen LogP contribution in [0, 0.1) is 0 Å². The van der Waals surface area contributed by atoms with Crippen LogP contribution in [0.2, 0.25) is 9.36 Å². The number of nitrogens with one attached hydrogen (secondary N) is 1. The zero-order valence-electron chi connectivity index (χ0n) is 11.8. The SMILES string of the molecule is COC(CNC(=O)COc1ccc(Cl)cc1)c1ccc(Cl)s1. The largest absolute Gasteiger partial charge is 0.484 e. The maximum atomic E-state index is 11.8. The second-order valence-corrected chi connectivity index (χ2v) is 6.60. The number of halogens is 2. The van der Waals surface area contributed by atoms with Gasteiger partial charge in [-0.05, 0) is 36.4 Å². The molecular formula is C15H15Cl2NO3S. The molecule has 0 aliphatic rings. The minimum atomic E-state index is -0.225. The number of carbonyl (C=O) groups excluding carboxylic acids is 1. The summed E-state index contributed by atoms with van der Waals surface area (Å²) in [7, 11) is 1.59. The summed E-state index contributed by atoms with van der Waals surface area (Å²) in [6, 6.07) is 10.5. The van der Waals surface area contributed by atoms with E-state index in [1.807, 2.05) is 6.07 Å². The average molecular weight is 360 g/mol. The van der Waals surface area contributed by atoms with Crippen molar-refractivity contribution >= 4 is 40.4 Å². The Hall–Kier alpha value is -1.27. The van der Waals surface area contributed by atoms with Gasteiger partial charge in [-0.25, -0.2) is 0 Å². The van der Waals surface area contributed by atoms with Crippen LogP contribution in [-0.2, 0) is 9.53 Å². The molecule has 4 nitrogen and oxygen atoms in total. The monoisotopic (exact) mass is 359 g/mol. The summed E-state index contributed by atoms with van der Waals surface area (Å²) >= 11 is 13.1. The standard InChI is InChI=1S/C15H15Cl2NO3S/c1-20-12(13-6-7-14(17)22-13)8-18-15(19)9-21-11-4-2-10(16)3-5-11/h2-7,12H,8-9H2,1H3,(H,18,19). The Morgan fingerprint density at radius 3 is 2.55 bits per heavy atom. The molecule has 0 bridgehead atoms. The zero-order chi connectivity index (χ0) is 15.9. The topological polar surface area (TPSA) is 47.6 Å². The Bertz CT molecular complexity index is 616. The van der Waals surface area contributed by atoms with Gasteiger partial charge >= 0.3 is 0 Å². The number of ether oxygens (including phenoxy) is 2. The molecule has 0 aliphatic carbocycles. The van der Waals surface area contributed by atoms with Gasteiger partial charge in [-0.3, -0.25) is 4.79 Å². The summed E-state index contributed by atoms with van der Waals surface area (Å²) in [5, 5.41) is 3.39. The van der Waals surface area contributed by atoms with Crippen LogP contribution in [0.25, 0.3) is 0 Å². The second-order valence-electron chi connectivity index (χ2n) is 4.41. The van der Waals surface area contributed by atoms with E-state index >= 15 is 0 Å². The van der Waals surface area contributed by atoms with E-state index < -0.39 is 0 Å². The van der Waals surface area contributed by atoms with Crippen molar-refractivity contribution in [3.63, 3.8) is 0 Å². The first kappa shape index (κ1) is 17.1. The Kier molecular flexibility index (Phi) is 6.51. The van der Waals surface area contributed by atoms with Gasteiger partial charge in [-0.1, -0.05) is 23.2 Å². The lowest BCUT2D eigenvalue weighted by Gasteiger charge is -2.14. The van der Waals surface area contributed by atoms with Gasteiger partial charge < -0.3 is 14.8 Å². The second kappa shape index (κ2) is 8.39. The van der Waals surface area contributed by atoms with Crippen LogP contribution in [0.15, 0.2) is 36.4 Å². The number of amides is 1. The van der Waals surface area contributed by atoms with E-state index in [1.165, 1.54) is 11.3 Å². The molecule has 1 heterocycles. The van der Waals surface area contributed by atoms with Crippen molar-refractivity contribution in [2.45, 2.75) is 6.10 Å². The lowest BCUT2D eigenvalue weighted by Crippen LogP contribution is -2.32. The molecule has 0 aliphatic heterocycles. The maximum Gasteiger partial charge on any atom is 0.258 e. The predicted octanol–water partition coefficient (Wildman–Crippen LogP) is 3.94. The number of hydrogen-bond donors (Lipinski definition) is 1. The van der Waals surface area contributed by atoms with Gasteiger partial charge in [-0.2, -0.15) is 0 Å². The van der Waals surface area contributed by atoms with Crippen LogP contribution in [0.4, 0.5) is 0 Å². The number of benzene rings is 1. The Morgan fingerprint density at radius 1 is 1.23 bits per heavy atom. The third-order valence-electron chi connectivity index (χ3n) is 2.86. The highest BCUT2D eigenvalue weighted by molar-refractivity contribution is 7.16. The average Bonchev–Trinajstić information content (AvgIpc) is 2.94. The van der Waals surface area contributed by atoms with E-state index in [2.05, 4.69) is 5.32 Å². The van der Waals surface area contributed by atoms with E-state index in [0.717, 1.165) is 4.88 Å². The number of carbonyl (C=O) groups is 1. The number of methoxy groups -OCH3 is 1. The smallest absolute Gasteiger partial charge is 0.258 e. The van der Waals surface area contributed by atoms with E-state index in [4.69, 9.17) is 32.7 Å². The minimum Gasteiger partial charge on any atom is -0.484 e. The third kappa shape index (κ3) is 5.18. The lowest BCUT2D eigenvalue weighted by atomic mass is 10.3. The molecule has 22 heavy (non-hydrogen) atoms. The van der Waals surface area contributed by atoms with Gasteiger partial charge in [0.15, 0.2) is 6.61 Å². The van der Waals surface area contributed by atoms with Crippen LogP contribution in [-0.4, -0.2) is 26.2 Å². The van der Waals surface area contributed by atoms with E-state index in [9.17, 15) is 4.79 Å². The van der Waals surface area contributed by atoms with Gasteiger partial charge in [0.1, 0.15) is 11.9 Å². The fraction of sp³-hybridized carbons (Fsp3) is 0.267. The summed E-state index contributed by atoms with van der Waals surface area (Å²) in [6.45, 7) is 0.291. The molecule has 2 aromatic rings. The summed E-state index contributed by atoms with van der Waals surface area (Å²) in [5.74, 6) is 0.368. The molecule has 118 valence electrons. The molecule has 0 saturated heterocycles. The fourth-order valence-corrected chi connectivity index (χ4v) is 3.00. The summed E-state index contributed by atoms with van der Waals surface area (Å²) < 4.78 is 11.4. The fourth-order valence-electron chi connectivity index (χ4n) is 1.74. The maximum absolute atomic E-state index is 11.8. The molecule has 0 spiro atoms. The molecule has 1 aromatic heterocycles. The van der Waals surface area contributed by atoms with Crippen molar-refractivity contribution in [1.29, 1.82) is 0 Å². The minimum absolute atomic E-state index is 0.0662. The van der Waals surface area contributed by atoms with E-state index in [0.29, 0.717) is 21.7 Å². The predicted molar refractivity (Wildman–Crippen MR) is 89.0 cm³/mol. The molecule has 1 unspecified atom stereocenters. The first-order valence-electron chi connectivity index (χ1n) is 6.51. The van der Waals surface area contributed by atoms with E-state index in [1.54, 1.807) is 37.4 Å². The summed E-state index contributed by atoms with van der Waals surface area (Å²) in [4.78, 5) is 12.8. The molecule has 1 N–H and O–H groups in total. The Labute approximate surface area is 142 Å². The summed E-state index contributed by atoms with van der Waals surface area (Å²) in [6.07, 6.45) is -0.225. The van der Waals surface area contributed by atoms with Gasteiger partial charge in [0.05, 0.1) is 4.34 Å². The number of rotatable bonds is 7. The van der Waals surface area contributed by atoms with Crippen molar-refractivity contribution in [2.75, 3.05) is 20.3 Å². The van der Waals surface area contributed by atoms with Gasteiger partial charge in [0.2, 0.25) is 0 Å². The van der Waals surface area contributed by atoms with Crippen LogP contribution in [0.1, 0.15) is 11.0 Å². The molecule has 2 rings (SSSR count). The lowest BCUT2D eigenvalue weighted by molar-refractivity contribution is -0.123. The van der Waals surface area contributed by atoms with Gasteiger partial charge in [-0.15, -0.1) is 11.3 Å². The third-order valence-corrected chi connectivity index (χ3v) is 4.44. The van der Waals surface area contributed by atoms with Crippen LogP contribution in [0.5, 0.6) is 5.75 Å². The van der Waals surface area contributed by atoms with Gasteiger partial charge in [0, 0.05) is 23.6 Å². The molecule has 1 aromatic carbocycles. The first-order chi connectivity index (χ1) is 10.6. The molecule has 7 heteroatoms. The Balaban J connectivity index is 1.78. The van der Waals surface area contributed by atoms with Crippen molar-refractivity contribution in [1.82, 2.24) is 5.32 Å². The van der Waals surface area contributed by atoms with Crippen molar-refractivity contribution in [3.05, 3.63) is 50.6 Å². The molecule has 1 atom stereocenters. The zero-order valence-corrected chi connectivity index (χ0v) is 14.2. The quantitative estimate of drug-likeness (QED) is 0.814. The molecule has 1 amide bonds. The highest BCUT2D eigenvalue weighted by Crippen LogP contribution is 2.28. The van der Waals surface area contributed by atoms with Crippen LogP contribution < -0.4 is 10.1 Å². The van der Waals surface area contributed by atoms with Crippen molar-refractivity contribution in [2.24, 2.45) is 0 Å². The first-order valence-corrected chi connectivity index (χ1v) is 8.09. The number of hydrogen-bond acceptors (Lipinski definition) is 4. The van der Waals surface area contributed by atoms with Crippen LogP contribution in [0.3, 0.4) is 0 Å². The van der Waals surface area contributed by atoms with Crippen LogP contribution >= 0.6 is 34.5 Å². The summed E-state index contributed by atoms with van der Waals surface area (Å²) in [5.41, 5.74) is 0. The Morgan fingerprint density at radius 2 is 1.95 bits per heavy atom. The highest BCUT2D eigenvalue weighted by Gasteiger charge is 2.14. The molecular weight excluding hydrogens is 345 g/mol. The highest BCUT2D eigenvalue weighted by atomic mass is 35.5. The molecule has 0 saturated carbocycles. The number of thiophene rings is 1. The van der Waals surface area contributed by atoms with Gasteiger partial charge in [0.25, 0.3) is 5.91 Å². The van der Waals surface area contributed by atoms with Crippen molar-refractivity contribution < 1.29 is 14.3 Å². The van der Waals surface area contributed by atoms with Crippen molar-refractivity contribution in [3.8, 4) is 5.75 Å².